The number of likely N-dealkylation sites (N-methyl/N-ethyl adjacent to an activating group) is 1. The molecule has 3 aromatic rings. The molecule has 0 saturated carbocycles. The third kappa shape index (κ3) is 7.24. The summed E-state index contributed by atoms with van der Waals surface area (Å²) in [6.07, 6.45) is -1.25. The first kappa shape index (κ1) is 27.6. The van der Waals surface area contributed by atoms with Gasteiger partial charge in [0.25, 0.3) is 0 Å². The molecule has 2 heterocycles. The number of pyridine rings is 1. The number of nitrogens with one attached hydrogen (secondary N) is 1. The van der Waals surface area contributed by atoms with Crippen LogP contribution in [0.3, 0.4) is 0 Å². The van der Waals surface area contributed by atoms with E-state index in [1.807, 2.05) is 37.3 Å². The lowest BCUT2D eigenvalue weighted by molar-refractivity contribution is -0.127. The van der Waals surface area contributed by atoms with Crippen LogP contribution in [0.15, 0.2) is 48.5 Å². The summed E-state index contributed by atoms with van der Waals surface area (Å²) >= 11 is 0. The zero-order valence-electron chi connectivity index (χ0n) is 21.4. The molecule has 12 heteroatoms. The lowest BCUT2D eigenvalue weighted by Gasteiger charge is -2.28. The van der Waals surface area contributed by atoms with Crippen LogP contribution in [-0.2, 0) is 32.3 Å². The molecule has 2 aromatic heterocycles. The number of amides is 3. The van der Waals surface area contributed by atoms with Crippen molar-refractivity contribution in [2.45, 2.75) is 51.7 Å². The second-order valence-corrected chi connectivity index (χ2v) is 9.32. The fraction of sp³-hybridized carbons (Fsp3) is 0.400. The Morgan fingerprint density at radius 3 is 2.43 bits per heavy atom. The Morgan fingerprint density at radius 2 is 1.78 bits per heavy atom. The van der Waals surface area contributed by atoms with Crippen molar-refractivity contribution >= 4 is 23.6 Å². The highest BCUT2D eigenvalue weighted by molar-refractivity contribution is 5.85. The van der Waals surface area contributed by atoms with Crippen LogP contribution in [0.2, 0.25) is 0 Å². The van der Waals surface area contributed by atoms with E-state index in [9.17, 15) is 14.4 Å². The van der Waals surface area contributed by atoms with Crippen molar-refractivity contribution < 1.29 is 23.9 Å². The zero-order chi connectivity index (χ0) is 27.2. The van der Waals surface area contributed by atoms with E-state index in [0.29, 0.717) is 23.8 Å². The van der Waals surface area contributed by atoms with E-state index < -0.39 is 35.6 Å². The van der Waals surface area contributed by atoms with Crippen molar-refractivity contribution in [3.63, 3.8) is 0 Å². The number of hydrogen-bond donors (Lipinski definition) is 3. The van der Waals surface area contributed by atoms with Crippen molar-refractivity contribution in [1.29, 1.82) is 0 Å². The van der Waals surface area contributed by atoms with E-state index in [1.54, 1.807) is 36.4 Å². The molecule has 37 heavy (non-hydrogen) atoms. The molecule has 0 radical (unpaired) electrons. The van der Waals surface area contributed by atoms with Gasteiger partial charge in [-0.2, -0.15) is 0 Å². The maximum Gasteiger partial charge on any atom is 0.410 e. The van der Waals surface area contributed by atoms with E-state index in [-0.39, 0.29) is 13.2 Å². The Labute approximate surface area is 214 Å². The molecule has 1 aromatic carbocycles. The Kier molecular flexibility index (Phi) is 8.79. The van der Waals surface area contributed by atoms with Crippen molar-refractivity contribution in [2.75, 3.05) is 13.6 Å². The minimum atomic E-state index is -1.15. The summed E-state index contributed by atoms with van der Waals surface area (Å²) in [6.45, 7) is 4.91. The first-order chi connectivity index (χ1) is 17.5. The molecule has 0 fully saturated rings. The van der Waals surface area contributed by atoms with Gasteiger partial charge in [-0.25, -0.2) is 4.79 Å². The van der Waals surface area contributed by atoms with Gasteiger partial charge in [-0.05, 0) is 38.5 Å². The summed E-state index contributed by atoms with van der Waals surface area (Å²) in [6, 6.07) is 14.1. The third-order valence-corrected chi connectivity index (χ3v) is 5.56. The Hall–Kier alpha value is -4.03. The lowest BCUT2D eigenvalue weighted by Crippen LogP contribution is -2.52. The molecular weight excluding hydrogens is 478 g/mol. The molecule has 5 N–H and O–H groups in total. The van der Waals surface area contributed by atoms with Gasteiger partial charge in [0.1, 0.15) is 19.2 Å². The fourth-order valence-electron chi connectivity index (χ4n) is 3.51. The van der Waals surface area contributed by atoms with Crippen LogP contribution >= 0.6 is 0 Å². The molecule has 0 aliphatic rings. The van der Waals surface area contributed by atoms with Crippen molar-refractivity contribution in [1.82, 2.24) is 24.8 Å². The predicted octanol–water partition coefficient (Wildman–Crippen LogP) is 1.28. The Balaban J connectivity index is 1.91. The summed E-state index contributed by atoms with van der Waals surface area (Å²) in [5.74, 6) is -0.680. The maximum absolute atomic E-state index is 12.9. The van der Waals surface area contributed by atoms with Crippen LogP contribution in [-0.4, -0.2) is 62.6 Å². The average Bonchev–Trinajstić information content (AvgIpc) is 3.28. The van der Waals surface area contributed by atoms with Crippen molar-refractivity contribution in [2.24, 2.45) is 11.5 Å². The normalized spacial score (nSPS) is 13.1. The number of carbonyl (C=O) groups is 3. The largest absolute Gasteiger partial charge is 0.443 e. The molecule has 0 aliphatic heterocycles. The average molecular weight is 512 g/mol. The standard InChI is InChI=1S/C25H33N7O5/c1-16(36-14-17-9-6-5-7-10-17)21(28-23(34)25(2,3)27)22-30-29-20-12-8-11-18(32(20)22)15-37-24(35)31(4)13-19(26)33/h5-12,16,21H,13-15,27H2,1-4H3,(H2,26,33)(H,28,34)/t16-,21-/m1/s1. The molecule has 198 valence electrons. The van der Waals surface area contributed by atoms with E-state index >= 15 is 0 Å². The number of hydrogen-bond acceptors (Lipinski definition) is 8. The van der Waals surface area contributed by atoms with E-state index in [0.717, 1.165) is 10.5 Å². The number of fused-ring (bicyclic) bond motifs is 1. The van der Waals surface area contributed by atoms with Crippen LogP contribution in [0.4, 0.5) is 4.79 Å². The summed E-state index contributed by atoms with van der Waals surface area (Å²) in [7, 11) is 1.41. The van der Waals surface area contributed by atoms with Crippen molar-refractivity contribution in [3.05, 3.63) is 65.6 Å². The second kappa shape index (κ2) is 11.8. The first-order valence-electron chi connectivity index (χ1n) is 11.7. The zero-order valence-corrected chi connectivity index (χ0v) is 21.4. The minimum Gasteiger partial charge on any atom is -0.443 e. The van der Waals surface area contributed by atoms with Gasteiger partial charge in [-0.3, -0.25) is 14.0 Å². The van der Waals surface area contributed by atoms with Crippen LogP contribution in [0.1, 0.15) is 43.9 Å². The molecule has 0 aliphatic carbocycles. The van der Waals surface area contributed by atoms with Gasteiger partial charge in [0.15, 0.2) is 11.5 Å². The number of nitrogens with two attached hydrogens (primary N) is 2. The number of rotatable bonds is 11. The number of carbonyl (C=O) groups excluding carboxylic acids is 3. The lowest BCUT2D eigenvalue weighted by atomic mass is 10.0. The van der Waals surface area contributed by atoms with E-state index in [4.69, 9.17) is 20.9 Å². The summed E-state index contributed by atoms with van der Waals surface area (Å²) in [5, 5.41) is 11.5. The highest BCUT2D eigenvalue weighted by Gasteiger charge is 2.32. The van der Waals surface area contributed by atoms with Gasteiger partial charge in [0.2, 0.25) is 11.8 Å². The molecule has 3 amide bonds. The molecular formula is C25H33N7O5. The summed E-state index contributed by atoms with van der Waals surface area (Å²) in [5.41, 5.74) is 12.0. The predicted molar refractivity (Wildman–Crippen MR) is 135 cm³/mol. The van der Waals surface area contributed by atoms with Crippen molar-refractivity contribution in [3.8, 4) is 0 Å². The third-order valence-electron chi connectivity index (χ3n) is 5.56. The quantitative estimate of drug-likeness (QED) is 0.346. The number of ether oxygens (including phenoxy) is 2. The SMILES string of the molecule is C[C@@H](OCc1ccccc1)[C@@H](NC(=O)C(C)(C)N)c1nnc2cccc(COC(=O)N(C)CC(N)=O)n12. The Bertz CT molecular complexity index is 1240. The van der Waals surface area contributed by atoms with Gasteiger partial charge >= 0.3 is 6.09 Å². The van der Waals surface area contributed by atoms with Gasteiger partial charge < -0.3 is 31.2 Å². The summed E-state index contributed by atoms with van der Waals surface area (Å²) < 4.78 is 13.2. The van der Waals surface area contributed by atoms with Gasteiger partial charge in [0.05, 0.1) is 23.9 Å². The number of benzene rings is 1. The highest BCUT2D eigenvalue weighted by Crippen LogP contribution is 2.23. The van der Waals surface area contributed by atoms with Crippen LogP contribution < -0.4 is 16.8 Å². The van der Waals surface area contributed by atoms with Gasteiger partial charge in [-0.1, -0.05) is 36.4 Å². The minimum absolute atomic E-state index is 0.146. The molecule has 0 saturated heterocycles. The Morgan fingerprint density at radius 1 is 1.08 bits per heavy atom. The maximum atomic E-state index is 12.9. The first-order valence-corrected chi connectivity index (χ1v) is 11.7. The molecule has 3 rings (SSSR count). The topological polar surface area (TPSA) is 167 Å². The number of nitrogens with zero attached hydrogens (tertiary/aromatic N) is 4. The van der Waals surface area contributed by atoms with Gasteiger partial charge in [0, 0.05) is 7.05 Å². The summed E-state index contributed by atoms with van der Waals surface area (Å²) in [4.78, 5) is 37.4. The van der Waals surface area contributed by atoms with Gasteiger partial charge in [-0.15, -0.1) is 10.2 Å². The molecule has 12 nitrogen and oxygen atoms in total. The highest BCUT2D eigenvalue weighted by atomic mass is 16.6. The number of primary amides is 1. The molecule has 0 spiro atoms. The monoisotopic (exact) mass is 511 g/mol. The molecule has 2 atom stereocenters. The van der Waals surface area contributed by atoms with E-state index in [2.05, 4.69) is 15.5 Å². The molecule has 0 unspecified atom stereocenters. The second-order valence-electron chi connectivity index (χ2n) is 9.32. The van der Waals surface area contributed by atoms with Crippen LogP contribution in [0, 0.1) is 0 Å². The van der Waals surface area contributed by atoms with E-state index in [1.165, 1.54) is 7.05 Å². The van der Waals surface area contributed by atoms with Crippen LogP contribution in [0.5, 0.6) is 0 Å². The molecule has 0 bridgehead atoms. The number of aromatic nitrogens is 3. The fourth-order valence-corrected chi connectivity index (χ4v) is 3.51. The smallest absolute Gasteiger partial charge is 0.410 e. The van der Waals surface area contributed by atoms with Crippen LogP contribution in [0.25, 0.3) is 5.65 Å².